The van der Waals surface area contributed by atoms with Gasteiger partial charge in [-0.25, -0.2) is 9.59 Å². The van der Waals surface area contributed by atoms with Gasteiger partial charge >= 0.3 is 18.0 Å². The molecule has 0 aromatic heterocycles. The molecule has 0 unspecified atom stereocenters. The molecule has 2 aromatic rings. The van der Waals surface area contributed by atoms with Gasteiger partial charge in [0.1, 0.15) is 24.7 Å². The zero-order chi connectivity index (χ0) is 31.7. The monoisotopic (exact) mass is 595 g/mol. The van der Waals surface area contributed by atoms with Gasteiger partial charge in [0.25, 0.3) is 0 Å². The predicted octanol–water partition coefficient (Wildman–Crippen LogP) is 3.90. The summed E-state index contributed by atoms with van der Waals surface area (Å²) < 4.78 is 5.63. The highest BCUT2D eigenvalue weighted by atomic mass is 16.5. The van der Waals surface area contributed by atoms with Gasteiger partial charge in [0.15, 0.2) is 0 Å². The molecule has 3 rings (SSSR count). The lowest BCUT2D eigenvalue weighted by Gasteiger charge is -2.27. The molecule has 4 atom stereocenters. The molecular formula is C32H41N3O8. The van der Waals surface area contributed by atoms with Gasteiger partial charge in [-0.1, -0.05) is 82.6 Å². The molecule has 1 aliphatic carbocycles. The second-order valence-corrected chi connectivity index (χ2v) is 11.4. The number of carbonyl (C=O) groups is 5. The van der Waals surface area contributed by atoms with Crippen LogP contribution in [0.15, 0.2) is 48.5 Å². The summed E-state index contributed by atoms with van der Waals surface area (Å²) >= 11 is 0. The van der Waals surface area contributed by atoms with Gasteiger partial charge in [-0.15, -0.1) is 0 Å². The predicted molar refractivity (Wildman–Crippen MR) is 159 cm³/mol. The standard InChI is InChI=1S/C32H41N3O8/c1-5-19(4)28(30(39)34-26(16-18(2)3)29(38)33-25(31(40)41)14-15-27(36)37)35-32(42)43-17-24-22-12-8-6-10-20(22)21-11-7-9-13-23(21)24/h6-13,18-19,24-26,28H,5,14-17H2,1-4H3,(H,33,38)(H,34,39)(H,35,42)(H,36,37)(H,40,41)/t19-,25-,26-,28-/m0/s1. The van der Waals surface area contributed by atoms with E-state index in [2.05, 4.69) is 16.0 Å². The molecule has 5 N–H and O–H groups in total. The highest BCUT2D eigenvalue weighted by molar-refractivity contribution is 5.93. The molecule has 0 saturated carbocycles. The van der Waals surface area contributed by atoms with Crippen LogP contribution in [0.3, 0.4) is 0 Å². The van der Waals surface area contributed by atoms with E-state index >= 15 is 0 Å². The van der Waals surface area contributed by atoms with Gasteiger partial charge in [0.05, 0.1) is 0 Å². The van der Waals surface area contributed by atoms with E-state index in [1.54, 1.807) is 6.92 Å². The third kappa shape index (κ3) is 8.79. The summed E-state index contributed by atoms with van der Waals surface area (Å²) in [6.07, 6.45) is -0.789. The van der Waals surface area contributed by atoms with Crippen molar-refractivity contribution in [3.05, 3.63) is 59.7 Å². The topological polar surface area (TPSA) is 171 Å². The lowest BCUT2D eigenvalue weighted by Crippen LogP contribution is -2.57. The van der Waals surface area contributed by atoms with E-state index < -0.39 is 54.4 Å². The minimum absolute atomic E-state index is 0.0458. The first kappa shape index (κ1) is 33.1. The van der Waals surface area contributed by atoms with Crippen LogP contribution in [-0.4, -0.2) is 64.8 Å². The molecule has 232 valence electrons. The van der Waals surface area contributed by atoms with Crippen molar-refractivity contribution in [1.82, 2.24) is 16.0 Å². The van der Waals surface area contributed by atoms with Gasteiger partial charge in [-0.05, 0) is 46.9 Å². The van der Waals surface area contributed by atoms with Crippen molar-refractivity contribution in [2.24, 2.45) is 11.8 Å². The molecule has 2 aromatic carbocycles. The van der Waals surface area contributed by atoms with Crippen LogP contribution in [0, 0.1) is 11.8 Å². The Morgan fingerprint density at radius 2 is 1.37 bits per heavy atom. The van der Waals surface area contributed by atoms with E-state index in [1.807, 2.05) is 69.3 Å². The number of alkyl carbamates (subject to hydrolysis) is 1. The molecule has 0 bridgehead atoms. The smallest absolute Gasteiger partial charge is 0.407 e. The molecule has 0 spiro atoms. The summed E-state index contributed by atoms with van der Waals surface area (Å²) in [5, 5.41) is 26.0. The van der Waals surface area contributed by atoms with E-state index in [-0.39, 0.29) is 37.2 Å². The fourth-order valence-corrected chi connectivity index (χ4v) is 5.23. The highest BCUT2D eigenvalue weighted by Crippen LogP contribution is 2.44. The summed E-state index contributed by atoms with van der Waals surface area (Å²) in [5.74, 6) is -4.44. The molecule has 0 saturated heterocycles. The van der Waals surface area contributed by atoms with Crippen molar-refractivity contribution >= 4 is 29.8 Å². The Kier molecular flexibility index (Phi) is 11.7. The number of carboxylic acids is 2. The lowest BCUT2D eigenvalue weighted by molar-refractivity contribution is -0.143. The summed E-state index contributed by atoms with van der Waals surface area (Å²) in [5.41, 5.74) is 4.29. The van der Waals surface area contributed by atoms with E-state index in [0.717, 1.165) is 22.3 Å². The number of hydrogen-bond acceptors (Lipinski definition) is 6. The Morgan fingerprint density at radius 3 is 1.88 bits per heavy atom. The fraction of sp³-hybridized carbons (Fsp3) is 0.469. The number of fused-ring (bicyclic) bond motifs is 3. The second kappa shape index (κ2) is 15.2. The maximum atomic E-state index is 13.4. The summed E-state index contributed by atoms with van der Waals surface area (Å²) in [7, 11) is 0. The zero-order valence-corrected chi connectivity index (χ0v) is 25.0. The minimum Gasteiger partial charge on any atom is -0.481 e. The normalized spacial score (nSPS) is 14.9. The highest BCUT2D eigenvalue weighted by Gasteiger charge is 2.33. The zero-order valence-electron chi connectivity index (χ0n) is 25.0. The lowest BCUT2D eigenvalue weighted by atomic mass is 9.96. The molecule has 0 aliphatic heterocycles. The van der Waals surface area contributed by atoms with Crippen molar-refractivity contribution < 1.29 is 38.9 Å². The van der Waals surface area contributed by atoms with Crippen LogP contribution in [-0.2, 0) is 23.9 Å². The maximum Gasteiger partial charge on any atom is 0.407 e. The molecule has 0 heterocycles. The average molecular weight is 596 g/mol. The first-order chi connectivity index (χ1) is 20.4. The largest absolute Gasteiger partial charge is 0.481 e. The van der Waals surface area contributed by atoms with Gasteiger partial charge in [0, 0.05) is 12.3 Å². The number of carboxylic acid groups (broad SMARTS) is 2. The number of carbonyl (C=O) groups excluding carboxylic acids is 3. The summed E-state index contributed by atoms with van der Waals surface area (Å²) in [4.78, 5) is 62.0. The van der Waals surface area contributed by atoms with E-state index in [9.17, 15) is 29.1 Å². The van der Waals surface area contributed by atoms with E-state index in [0.29, 0.717) is 6.42 Å². The number of amides is 3. The van der Waals surface area contributed by atoms with Crippen molar-refractivity contribution in [3.63, 3.8) is 0 Å². The quantitative estimate of drug-likeness (QED) is 0.206. The first-order valence-corrected chi connectivity index (χ1v) is 14.6. The summed E-state index contributed by atoms with van der Waals surface area (Å²) in [6.45, 7) is 7.40. The molecule has 43 heavy (non-hydrogen) atoms. The Morgan fingerprint density at radius 1 is 0.814 bits per heavy atom. The summed E-state index contributed by atoms with van der Waals surface area (Å²) in [6, 6.07) is 12.3. The minimum atomic E-state index is -1.43. The Labute approximate surface area is 251 Å². The Bertz CT molecular complexity index is 1280. The Balaban J connectivity index is 1.69. The number of aliphatic carboxylic acids is 2. The number of benzene rings is 2. The van der Waals surface area contributed by atoms with Gasteiger partial charge in [-0.2, -0.15) is 0 Å². The van der Waals surface area contributed by atoms with Gasteiger partial charge in [-0.3, -0.25) is 14.4 Å². The van der Waals surface area contributed by atoms with Gasteiger partial charge < -0.3 is 30.9 Å². The molecule has 3 amide bonds. The van der Waals surface area contributed by atoms with Crippen LogP contribution >= 0.6 is 0 Å². The molecule has 0 fully saturated rings. The Hall–Kier alpha value is -4.41. The van der Waals surface area contributed by atoms with Crippen molar-refractivity contribution in [2.75, 3.05) is 6.61 Å². The van der Waals surface area contributed by atoms with Crippen LogP contribution < -0.4 is 16.0 Å². The molecular weight excluding hydrogens is 554 g/mol. The molecule has 11 heteroatoms. The third-order valence-electron chi connectivity index (χ3n) is 7.71. The maximum absolute atomic E-state index is 13.4. The van der Waals surface area contributed by atoms with E-state index in [4.69, 9.17) is 9.84 Å². The SMILES string of the molecule is CC[C@H](C)[C@H](NC(=O)OCC1c2ccccc2-c2ccccc21)C(=O)N[C@@H](CC(C)C)C(=O)N[C@@H](CCC(=O)O)C(=O)O. The number of ether oxygens (including phenoxy) is 1. The fourth-order valence-electron chi connectivity index (χ4n) is 5.23. The molecule has 11 nitrogen and oxygen atoms in total. The van der Waals surface area contributed by atoms with E-state index in [1.165, 1.54) is 0 Å². The van der Waals surface area contributed by atoms with Crippen molar-refractivity contribution in [3.8, 4) is 11.1 Å². The van der Waals surface area contributed by atoms with Gasteiger partial charge in [0.2, 0.25) is 11.8 Å². The van der Waals surface area contributed by atoms with Crippen molar-refractivity contribution in [1.29, 1.82) is 0 Å². The number of nitrogens with one attached hydrogen (secondary N) is 3. The first-order valence-electron chi connectivity index (χ1n) is 14.6. The molecule has 0 radical (unpaired) electrons. The number of rotatable bonds is 15. The average Bonchev–Trinajstić information content (AvgIpc) is 3.29. The van der Waals surface area contributed by atoms with Crippen LogP contribution in [0.4, 0.5) is 4.79 Å². The number of hydrogen-bond donors (Lipinski definition) is 5. The van der Waals surface area contributed by atoms with Crippen LogP contribution in [0.25, 0.3) is 11.1 Å². The molecule has 1 aliphatic rings. The van der Waals surface area contributed by atoms with Crippen LogP contribution in [0.5, 0.6) is 0 Å². The van der Waals surface area contributed by atoms with Crippen LogP contribution in [0.1, 0.15) is 70.4 Å². The third-order valence-corrected chi connectivity index (χ3v) is 7.71. The second-order valence-electron chi connectivity index (χ2n) is 11.4. The van der Waals surface area contributed by atoms with Crippen molar-refractivity contribution in [2.45, 2.75) is 77.4 Å². The van der Waals surface area contributed by atoms with Crippen LogP contribution in [0.2, 0.25) is 0 Å².